The molecule has 0 unspecified atom stereocenters. The fraction of sp³-hybridized carbons (Fsp3) is 0.400. The van der Waals surface area contributed by atoms with Crippen LogP contribution in [0.1, 0.15) is 6.42 Å². The van der Waals surface area contributed by atoms with Crippen molar-refractivity contribution in [3.8, 4) is 0 Å². The van der Waals surface area contributed by atoms with Crippen LogP contribution in [0.25, 0.3) is 0 Å². The molecule has 0 bridgehead atoms. The van der Waals surface area contributed by atoms with Gasteiger partial charge >= 0.3 is 0 Å². The molecule has 0 aliphatic heterocycles. The maximum absolute atomic E-state index is 12.6. The molecule has 0 aliphatic carbocycles. The lowest BCUT2D eigenvalue weighted by molar-refractivity contribution is 0.627. The molecule has 1 aromatic carbocycles. The summed E-state index contributed by atoms with van der Waals surface area (Å²) in [5, 5.41) is 0. The molecule has 0 atom stereocenters. The molecule has 3 heteroatoms. The lowest BCUT2D eigenvalue weighted by Gasteiger charge is -2.18. The monoisotopic (exact) mass is 182 g/mol. The lowest BCUT2D eigenvalue weighted by atomic mass is 10.3. The number of nitrogens with zero attached hydrogens (tertiary/aromatic N) is 1. The highest BCUT2D eigenvalue weighted by atomic mass is 19.1. The topological polar surface area (TPSA) is 29.3 Å². The molecule has 2 nitrogen and oxygen atoms in total. The summed E-state index contributed by atoms with van der Waals surface area (Å²) in [6, 6.07) is 6.47. The van der Waals surface area contributed by atoms with Crippen LogP contribution >= 0.6 is 0 Å². The molecule has 0 aromatic heterocycles. The highest BCUT2D eigenvalue weighted by Gasteiger charge is 1.99. The molecule has 72 valence electrons. The number of nitrogens with two attached hydrogens (primary N) is 1. The van der Waals surface area contributed by atoms with Crippen LogP contribution in [0.4, 0.5) is 10.1 Å². The van der Waals surface area contributed by atoms with Crippen LogP contribution in [-0.2, 0) is 0 Å². The van der Waals surface area contributed by atoms with Crippen molar-refractivity contribution in [2.45, 2.75) is 6.42 Å². The predicted molar refractivity (Wildman–Crippen MR) is 53.3 cm³/mol. The van der Waals surface area contributed by atoms with Gasteiger partial charge in [-0.25, -0.2) is 4.39 Å². The van der Waals surface area contributed by atoms with Crippen molar-refractivity contribution in [1.29, 1.82) is 0 Å². The Kier molecular flexibility index (Phi) is 3.71. The highest BCUT2D eigenvalue weighted by Crippen LogP contribution is 2.12. The molecule has 1 rings (SSSR count). The molecule has 0 aliphatic rings. The van der Waals surface area contributed by atoms with E-state index < -0.39 is 0 Å². The van der Waals surface area contributed by atoms with E-state index in [4.69, 9.17) is 5.73 Å². The summed E-state index contributed by atoms with van der Waals surface area (Å²) in [6.45, 7) is 1.59. The van der Waals surface area contributed by atoms with Crippen molar-refractivity contribution >= 4 is 5.69 Å². The van der Waals surface area contributed by atoms with Gasteiger partial charge in [-0.05, 0) is 37.2 Å². The van der Waals surface area contributed by atoms with Gasteiger partial charge in [0.05, 0.1) is 0 Å². The Bertz CT molecular complexity index is 246. The van der Waals surface area contributed by atoms with E-state index in [0.717, 1.165) is 18.7 Å². The van der Waals surface area contributed by atoms with Crippen molar-refractivity contribution in [1.82, 2.24) is 0 Å². The molecule has 0 saturated carbocycles. The van der Waals surface area contributed by atoms with E-state index in [1.165, 1.54) is 12.1 Å². The summed E-state index contributed by atoms with van der Waals surface area (Å²) in [5.74, 6) is -0.198. The van der Waals surface area contributed by atoms with E-state index in [1.807, 2.05) is 7.05 Å². The second-order valence-electron chi connectivity index (χ2n) is 3.04. The van der Waals surface area contributed by atoms with Gasteiger partial charge in [0.1, 0.15) is 5.82 Å². The first-order valence-corrected chi connectivity index (χ1v) is 4.41. The number of hydrogen-bond donors (Lipinski definition) is 1. The van der Waals surface area contributed by atoms with Crippen molar-refractivity contribution in [2.24, 2.45) is 5.73 Å². The van der Waals surface area contributed by atoms with Gasteiger partial charge in [0.15, 0.2) is 0 Å². The molecular formula is C10H15FN2. The first kappa shape index (κ1) is 9.99. The Labute approximate surface area is 78.2 Å². The SMILES string of the molecule is CN(CCCN)c1ccc(F)cc1. The van der Waals surface area contributed by atoms with Gasteiger partial charge in [-0.1, -0.05) is 0 Å². The summed E-state index contributed by atoms with van der Waals surface area (Å²) in [4.78, 5) is 2.06. The Morgan fingerprint density at radius 1 is 1.31 bits per heavy atom. The number of anilines is 1. The average molecular weight is 182 g/mol. The minimum Gasteiger partial charge on any atom is -0.375 e. The molecule has 0 heterocycles. The number of benzene rings is 1. The van der Waals surface area contributed by atoms with Crippen LogP contribution in [-0.4, -0.2) is 20.1 Å². The fourth-order valence-corrected chi connectivity index (χ4v) is 1.15. The molecule has 13 heavy (non-hydrogen) atoms. The van der Waals surface area contributed by atoms with Crippen LogP contribution in [0.5, 0.6) is 0 Å². The molecule has 0 saturated heterocycles. The van der Waals surface area contributed by atoms with Gasteiger partial charge < -0.3 is 10.6 Å². The molecule has 0 amide bonds. The Morgan fingerprint density at radius 2 is 1.92 bits per heavy atom. The Hall–Kier alpha value is -1.09. The van der Waals surface area contributed by atoms with Crippen LogP contribution < -0.4 is 10.6 Å². The maximum atomic E-state index is 12.6. The largest absolute Gasteiger partial charge is 0.375 e. The third-order valence-corrected chi connectivity index (χ3v) is 1.97. The molecule has 1 aromatic rings. The zero-order valence-electron chi connectivity index (χ0n) is 7.83. The third-order valence-electron chi connectivity index (χ3n) is 1.97. The summed E-state index contributed by atoms with van der Waals surface area (Å²) < 4.78 is 12.6. The van der Waals surface area contributed by atoms with E-state index in [9.17, 15) is 4.39 Å². The van der Waals surface area contributed by atoms with Crippen LogP contribution in [0.3, 0.4) is 0 Å². The van der Waals surface area contributed by atoms with E-state index >= 15 is 0 Å². The first-order valence-electron chi connectivity index (χ1n) is 4.41. The summed E-state index contributed by atoms with van der Waals surface area (Å²) in [7, 11) is 1.98. The van der Waals surface area contributed by atoms with Crippen LogP contribution in [0, 0.1) is 5.82 Å². The van der Waals surface area contributed by atoms with Gasteiger partial charge in [0.2, 0.25) is 0 Å². The van der Waals surface area contributed by atoms with Crippen molar-refractivity contribution in [2.75, 3.05) is 25.0 Å². The van der Waals surface area contributed by atoms with Gasteiger partial charge in [0.25, 0.3) is 0 Å². The highest BCUT2D eigenvalue weighted by molar-refractivity contribution is 5.45. The molecule has 0 fully saturated rings. The molecule has 2 N–H and O–H groups in total. The van der Waals surface area contributed by atoms with E-state index in [-0.39, 0.29) is 5.82 Å². The quantitative estimate of drug-likeness (QED) is 0.766. The van der Waals surface area contributed by atoms with Gasteiger partial charge in [-0.3, -0.25) is 0 Å². The fourth-order valence-electron chi connectivity index (χ4n) is 1.15. The summed E-state index contributed by atoms with van der Waals surface area (Å²) in [6.07, 6.45) is 0.952. The first-order chi connectivity index (χ1) is 6.24. The number of hydrogen-bond acceptors (Lipinski definition) is 2. The normalized spacial score (nSPS) is 10.1. The minimum absolute atomic E-state index is 0.198. The lowest BCUT2D eigenvalue weighted by Crippen LogP contribution is -2.20. The van der Waals surface area contributed by atoms with Crippen molar-refractivity contribution in [3.63, 3.8) is 0 Å². The summed E-state index contributed by atoms with van der Waals surface area (Å²) in [5.41, 5.74) is 6.42. The average Bonchev–Trinajstić information content (AvgIpc) is 2.15. The smallest absolute Gasteiger partial charge is 0.123 e. The second kappa shape index (κ2) is 4.82. The van der Waals surface area contributed by atoms with Gasteiger partial charge in [0, 0.05) is 19.3 Å². The zero-order valence-corrected chi connectivity index (χ0v) is 7.83. The van der Waals surface area contributed by atoms with Crippen molar-refractivity contribution in [3.05, 3.63) is 30.1 Å². The Morgan fingerprint density at radius 3 is 2.46 bits per heavy atom. The van der Waals surface area contributed by atoms with E-state index in [1.54, 1.807) is 12.1 Å². The van der Waals surface area contributed by atoms with Crippen molar-refractivity contribution < 1.29 is 4.39 Å². The second-order valence-corrected chi connectivity index (χ2v) is 3.04. The molecular weight excluding hydrogens is 167 g/mol. The minimum atomic E-state index is -0.198. The third kappa shape index (κ3) is 3.03. The maximum Gasteiger partial charge on any atom is 0.123 e. The predicted octanol–water partition coefficient (Wildman–Crippen LogP) is 1.61. The molecule has 0 radical (unpaired) electrons. The zero-order chi connectivity index (χ0) is 9.68. The number of rotatable bonds is 4. The van der Waals surface area contributed by atoms with Crippen LogP contribution in [0.15, 0.2) is 24.3 Å². The number of halogens is 1. The summed E-state index contributed by atoms with van der Waals surface area (Å²) >= 11 is 0. The molecule has 0 spiro atoms. The van der Waals surface area contributed by atoms with E-state index in [2.05, 4.69) is 4.90 Å². The standard InChI is InChI=1S/C10H15FN2/c1-13(8-2-7-12)10-5-3-9(11)4-6-10/h3-6H,2,7-8,12H2,1H3. The van der Waals surface area contributed by atoms with Crippen LogP contribution in [0.2, 0.25) is 0 Å². The van der Waals surface area contributed by atoms with Gasteiger partial charge in [-0.15, -0.1) is 0 Å². The Balaban J connectivity index is 2.55. The van der Waals surface area contributed by atoms with E-state index in [0.29, 0.717) is 6.54 Å². The van der Waals surface area contributed by atoms with Gasteiger partial charge in [-0.2, -0.15) is 0 Å².